The number of carbonyl (C=O) groups is 1. The van der Waals surface area contributed by atoms with Crippen LogP contribution in [0, 0.1) is 0 Å². The summed E-state index contributed by atoms with van der Waals surface area (Å²) in [5, 5.41) is 25.6. The SMILES string of the molecule is O=C(O)C1(NS(=O)(=O)c2ccc(-c3cc(C(F)(F)F)on3)s2)CC1c1cc(CO)on1. The van der Waals surface area contributed by atoms with Crippen LogP contribution >= 0.6 is 11.3 Å². The molecule has 2 atom stereocenters. The number of alkyl halides is 3. The van der Waals surface area contributed by atoms with Crippen molar-refractivity contribution in [1.82, 2.24) is 15.0 Å². The van der Waals surface area contributed by atoms with E-state index in [4.69, 9.17) is 9.63 Å². The van der Waals surface area contributed by atoms with Crippen LogP contribution in [0.3, 0.4) is 0 Å². The van der Waals surface area contributed by atoms with Gasteiger partial charge in [0, 0.05) is 18.1 Å². The Labute approximate surface area is 175 Å². The largest absolute Gasteiger partial charge is 0.480 e. The third-order valence-electron chi connectivity index (χ3n) is 4.64. The molecule has 1 aliphatic carbocycles. The van der Waals surface area contributed by atoms with Crippen molar-refractivity contribution in [2.75, 3.05) is 0 Å². The normalized spacial score (nSPS) is 21.4. The quantitative estimate of drug-likeness (QED) is 0.462. The van der Waals surface area contributed by atoms with Crippen molar-refractivity contribution in [2.24, 2.45) is 0 Å². The van der Waals surface area contributed by atoms with E-state index in [1.807, 2.05) is 0 Å². The summed E-state index contributed by atoms with van der Waals surface area (Å²) in [6, 6.07) is 4.32. The van der Waals surface area contributed by atoms with Crippen molar-refractivity contribution in [1.29, 1.82) is 0 Å². The summed E-state index contributed by atoms with van der Waals surface area (Å²) >= 11 is 0.601. The molecule has 0 amide bonds. The molecule has 1 aliphatic rings. The number of aromatic nitrogens is 2. The molecule has 10 nitrogen and oxygen atoms in total. The molecule has 1 saturated carbocycles. The van der Waals surface area contributed by atoms with Crippen molar-refractivity contribution in [3.8, 4) is 10.6 Å². The van der Waals surface area contributed by atoms with Gasteiger partial charge in [-0.3, -0.25) is 4.79 Å². The van der Waals surface area contributed by atoms with Crippen molar-refractivity contribution in [2.45, 2.75) is 34.9 Å². The maximum atomic E-state index is 12.8. The number of nitrogens with one attached hydrogen (secondary N) is 1. The third kappa shape index (κ3) is 3.84. The molecule has 0 saturated heterocycles. The van der Waals surface area contributed by atoms with Gasteiger partial charge in [0.05, 0.1) is 10.6 Å². The van der Waals surface area contributed by atoms with E-state index >= 15 is 0 Å². The summed E-state index contributed by atoms with van der Waals surface area (Å²) in [7, 11) is -4.35. The van der Waals surface area contributed by atoms with Crippen LogP contribution in [-0.4, -0.2) is 40.5 Å². The molecule has 2 unspecified atom stereocenters. The van der Waals surface area contributed by atoms with Crippen molar-refractivity contribution < 1.29 is 45.6 Å². The molecule has 15 heteroatoms. The Morgan fingerprint density at radius 1 is 1.29 bits per heavy atom. The van der Waals surface area contributed by atoms with Gasteiger partial charge in [-0.1, -0.05) is 10.3 Å². The van der Waals surface area contributed by atoms with Gasteiger partial charge in [-0.15, -0.1) is 11.3 Å². The van der Waals surface area contributed by atoms with E-state index in [0.29, 0.717) is 17.4 Å². The summed E-state index contributed by atoms with van der Waals surface area (Å²) < 4.78 is 74.4. The Morgan fingerprint density at radius 3 is 2.61 bits per heavy atom. The van der Waals surface area contributed by atoms with E-state index in [1.165, 1.54) is 12.1 Å². The molecule has 3 N–H and O–H groups in total. The average Bonchev–Trinajstić information content (AvgIpc) is 3.19. The lowest BCUT2D eigenvalue weighted by molar-refractivity contribution is -0.155. The first-order valence-corrected chi connectivity index (χ1v) is 10.7. The fourth-order valence-corrected chi connectivity index (χ4v) is 5.66. The fraction of sp³-hybridized carbons (Fsp3) is 0.312. The van der Waals surface area contributed by atoms with E-state index in [9.17, 15) is 31.5 Å². The number of hydrogen-bond acceptors (Lipinski definition) is 9. The average molecular weight is 479 g/mol. The zero-order chi connectivity index (χ0) is 22.6. The topological polar surface area (TPSA) is 156 Å². The molecule has 0 aliphatic heterocycles. The summed E-state index contributed by atoms with van der Waals surface area (Å²) in [5.41, 5.74) is -1.91. The second kappa shape index (κ2) is 7.15. The van der Waals surface area contributed by atoms with E-state index < -0.39 is 46.0 Å². The molecular formula is C16H12F3N3O7S2. The highest BCUT2D eigenvalue weighted by molar-refractivity contribution is 7.91. The van der Waals surface area contributed by atoms with Crippen LogP contribution in [-0.2, 0) is 27.6 Å². The number of nitrogens with zero attached hydrogens (tertiary/aromatic N) is 2. The molecule has 3 aromatic rings. The lowest BCUT2D eigenvalue weighted by atomic mass is 10.1. The number of carboxylic acids is 1. The minimum absolute atomic E-state index is 0.0837. The van der Waals surface area contributed by atoms with Gasteiger partial charge >= 0.3 is 12.1 Å². The standard InChI is InChI=1S/C16H12F3N3O7S2/c17-16(18,19)12-4-10(21-29-12)11-1-2-13(30-11)31(26,27)22-15(14(24)25)5-8(15)9-3-7(6-23)28-20-9/h1-4,8,22-23H,5-6H2,(H,24,25). The summed E-state index contributed by atoms with van der Waals surface area (Å²) in [6.07, 6.45) is -4.85. The lowest BCUT2D eigenvalue weighted by Gasteiger charge is -2.13. The van der Waals surface area contributed by atoms with Crippen molar-refractivity contribution >= 4 is 27.3 Å². The molecule has 0 spiro atoms. The molecule has 0 aromatic carbocycles. The lowest BCUT2D eigenvalue weighted by Crippen LogP contribution is -2.44. The van der Waals surface area contributed by atoms with Crippen LogP contribution in [0.5, 0.6) is 0 Å². The number of hydrogen-bond donors (Lipinski definition) is 3. The highest BCUT2D eigenvalue weighted by Crippen LogP contribution is 2.52. The summed E-state index contributed by atoms with van der Waals surface area (Å²) in [5.74, 6) is -3.50. The van der Waals surface area contributed by atoms with Gasteiger partial charge in [0.25, 0.3) is 10.0 Å². The maximum absolute atomic E-state index is 12.8. The smallest absolute Gasteiger partial charge is 0.452 e. The number of aliphatic hydroxyl groups is 1. The van der Waals surface area contributed by atoms with Crippen molar-refractivity contribution in [3.63, 3.8) is 0 Å². The zero-order valence-corrected chi connectivity index (χ0v) is 16.7. The van der Waals surface area contributed by atoms with E-state index in [2.05, 4.69) is 19.6 Å². The Hall–Kier alpha value is -2.75. The zero-order valence-electron chi connectivity index (χ0n) is 15.1. The number of carboxylic acid groups (broad SMARTS) is 1. The number of halogens is 3. The van der Waals surface area contributed by atoms with Crippen LogP contribution in [0.1, 0.15) is 29.6 Å². The molecule has 3 aromatic heterocycles. The predicted molar refractivity (Wildman–Crippen MR) is 95.3 cm³/mol. The predicted octanol–water partition coefficient (Wildman–Crippen LogP) is 2.19. The molecule has 0 radical (unpaired) electrons. The first-order chi connectivity index (χ1) is 14.5. The number of aliphatic hydroxyl groups excluding tert-OH is 1. The third-order valence-corrected chi connectivity index (χ3v) is 7.75. The minimum atomic E-state index is -4.75. The summed E-state index contributed by atoms with van der Waals surface area (Å²) in [4.78, 5) is 11.9. The highest BCUT2D eigenvalue weighted by atomic mass is 32.2. The van der Waals surface area contributed by atoms with Gasteiger partial charge < -0.3 is 19.3 Å². The minimum Gasteiger partial charge on any atom is -0.480 e. The molecule has 1 fully saturated rings. The number of sulfonamides is 1. The first-order valence-electron chi connectivity index (χ1n) is 8.44. The van der Waals surface area contributed by atoms with Gasteiger partial charge in [0.15, 0.2) is 5.76 Å². The van der Waals surface area contributed by atoms with E-state index in [1.54, 1.807) is 0 Å². The Bertz CT molecular complexity index is 1250. The van der Waals surface area contributed by atoms with E-state index in [0.717, 1.165) is 6.07 Å². The number of rotatable bonds is 7. The highest BCUT2D eigenvalue weighted by Gasteiger charge is 2.64. The van der Waals surface area contributed by atoms with Gasteiger partial charge in [-0.25, -0.2) is 8.42 Å². The Kier molecular flexibility index (Phi) is 4.95. The maximum Gasteiger partial charge on any atom is 0.452 e. The van der Waals surface area contributed by atoms with Crippen LogP contribution in [0.25, 0.3) is 10.6 Å². The molecular weight excluding hydrogens is 467 g/mol. The van der Waals surface area contributed by atoms with Gasteiger partial charge in [-0.2, -0.15) is 17.9 Å². The monoisotopic (exact) mass is 479 g/mol. The fourth-order valence-electron chi connectivity index (χ4n) is 3.00. The Balaban J connectivity index is 1.57. The van der Waals surface area contributed by atoms with Crippen molar-refractivity contribution in [3.05, 3.63) is 41.5 Å². The van der Waals surface area contributed by atoms with Crippen LogP contribution in [0.4, 0.5) is 13.2 Å². The van der Waals surface area contributed by atoms with Crippen LogP contribution < -0.4 is 4.72 Å². The molecule has 166 valence electrons. The van der Waals surface area contributed by atoms with Gasteiger partial charge in [-0.05, 0) is 18.6 Å². The summed E-state index contributed by atoms with van der Waals surface area (Å²) in [6.45, 7) is -0.457. The molecule has 31 heavy (non-hydrogen) atoms. The number of aliphatic carboxylic acids is 1. The second-order valence-corrected chi connectivity index (χ2v) is 9.70. The van der Waals surface area contributed by atoms with Crippen LogP contribution in [0.15, 0.2) is 37.5 Å². The number of thiophene rings is 1. The molecule has 3 heterocycles. The molecule has 0 bridgehead atoms. The molecule has 4 rings (SSSR count). The van der Waals surface area contributed by atoms with E-state index in [-0.39, 0.29) is 32.7 Å². The first kappa shape index (κ1) is 21.5. The van der Waals surface area contributed by atoms with Crippen LogP contribution in [0.2, 0.25) is 0 Å². The Morgan fingerprint density at radius 2 is 2.03 bits per heavy atom. The van der Waals surface area contributed by atoms with Gasteiger partial charge in [0.1, 0.15) is 22.0 Å². The van der Waals surface area contributed by atoms with Gasteiger partial charge in [0.2, 0.25) is 5.76 Å². The second-order valence-electron chi connectivity index (χ2n) is 6.71.